The van der Waals surface area contributed by atoms with Crippen molar-refractivity contribution in [2.45, 2.75) is 0 Å². The minimum Gasteiger partial charge on any atom is -1.00 e. The Morgan fingerprint density at radius 1 is 1.60 bits per heavy atom. The van der Waals surface area contributed by atoms with Crippen molar-refractivity contribution in [2.75, 3.05) is 0 Å². The molecule has 0 spiro atoms. The molecule has 1 aromatic rings. The van der Waals surface area contributed by atoms with Crippen molar-refractivity contribution in [3.8, 4) is 0 Å². The van der Waals surface area contributed by atoms with E-state index in [4.69, 9.17) is 5.11 Å². The van der Waals surface area contributed by atoms with Crippen LogP contribution in [0.25, 0.3) is 0 Å². The van der Waals surface area contributed by atoms with Crippen molar-refractivity contribution >= 4 is 17.3 Å². The van der Waals surface area contributed by atoms with Crippen molar-refractivity contribution in [3.05, 3.63) is 22.4 Å². The van der Waals surface area contributed by atoms with Crippen molar-refractivity contribution in [3.63, 3.8) is 0 Å². The first-order valence-corrected chi connectivity index (χ1v) is 2.95. The molecule has 0 bridgehead atoms. The number of carboxylic acid groups (broad SMARTS) is 1. The fraction of sp³-hybridized carbons (Fsp3) is 0. The molecule has 1 heterocycles. The van der Waals surface area contributed by atoms with Gasteiger partial charge in [0, 0.05) is 0 Å². The van der Waals surface area contributed by atoms with E-state index in [1.54, 1.807) is 17.5 Å². The molecule has 0 radical (unpaired) electrons. The van der Waals surface area contributed by atoms with Gasteiger partial charge in [-0.3, -0.25) is 0 Å². The maximum atomic E-state index is 10.1. The van der Waals surface area contributed by atoms with Crippen LogP contribution in [0.2, 0.25) is 0 Å². The Balaban J connectivity index is -0.0000000800. The SMILES string of the molecule is O=C(O)c1cccs1.[H-].[H-].[Na+].[Na+]. The van der Waals surface area contributed by atoms with Crippen LogP contribution in [0.3, 0.4) is 0 Å². The van der Waals surface area contributed by atoms with Crippen LogP contribution in [0, 0.1) is 0 Å². The molecule has 10 heavy (non-hydrogen) atoms. The molecule has 1 N–H and O–H groups in total. The number of thiophene rings is 1. The normalized spacial score (nSPS) is 7.20. The van der Waals surface area contributed by atoms with Gasteiger partial charge in [0.15, 0.2) is 0 Å². The quantitative estimate of drug-likeness (QED) is 0.439. The fourth-order valence-electron chi connectivity index (χ4n) is 0.400. The average molecular weight is 176 g/mol. The monoisotopic (exact) mass is 176 g/mol. The molecule has 0 aliphatic rings. The molecule has 1 aromatic heterocycles. The molecule has 1 rings (SSSR count). The molecule has 0 aromatic carbocycles. The topological polar surface area (TPSA) is 37.3 Å². The van der Waals surface area contributed by atoms with Gasteiger partial charge in [0.2, 0.25) is 0 Å². The molecule has 2 nitrogen and oxygen atoms in total. The predicted octanol–water partition coefficient (Wildman–Crippen LogP) is -4.32. The fourth-order valence-corrected chi connectivity index (χ4v) is 0.962. The summed E-state index contributed by atoms with van der Waals surface area (Å²) in [6.45, 7) is 0. The zero-order valence-electron chi connectivity index (χ0n) is 8.00. The molecule has 46 valence electrons. The summed E-state index contributed by atoms with van der Waals surface area (Å²) in [6, 6.07) is 3.29. The summed E-state index contributed by atoms with van der Waals surface area (Å²) in [5.41, 5.74) is 0. The van der Waals surface area contributed by atoms with E-state index >= 15 is 0 Å². The third-order valence-corrected chi connectivity index (χ3v) is 1.59. The molecule has 0 fully saturated rings. The van der Waals surface area contributed by atoms with Crippen molar-refractivity contribution in [2.24, 2.45) is 0 Å². The van der Waals surface area contributed by atoms with Gasteiger partial charge in [-0.15, -0.1) is 11.3 Å². The summed E-state index contributed by atoms with van der Waals surface area (Å²) < 4.78 is 0. The molecule has 0 aliphatic heterocycles. The first-order chi connectivity index (χ1) is 3.80. The number of aromatic carboxylic acids is 1. The first-order valence-electron chi connectivity index (χ1n) is 2.07. The van der Waals surface area contributed by atoms with Crippen LogP contribution in [-0.4, -0.2) is 11.1 Å². The van der Waals surface area contributed by atoms with Crippen molar-refractivity contribution < 1.29 is 71.9 Å². The molecule has 0 unspecified atom stereocenters. The Hall–Kier alpha value is 1.17. The summed E-state index contributed by atoms with van der Waals surface area (Å²) in [7, 11) is 0. The Kier molecular flexibility index (Phi) is 9.42. The van der Waals surface area contributed by atoms with E-state index in [9.17, 15) is 4.79 Å². The van der Waals surface area contributed by atoms with E-state index in [-0.39, 0.29) is 62.0 Å². The average Bonchev–Trinajstić information content (AvgIpc) is 2.12. The predicted molar refractivity (Wildman–Crippen MR) is 33.5 cm³/mol. The van der Waals surface area contributed by atoms with Crippen LogP contribution >= 0.6 is 11.3 Å². The molecular weight excluding hydrogens is 170 g/mol. The van der Waals surface area contributed by atoms with Gasteiger partial charge < -0.3 is 7.96 Å². The van der Waals surface area contributed by atoms with Crippen LogP contribution in [-0.2, 0) is 0 Å². The molecule has 0 saturated heterocycles. The summed E-state index contributed by atoms with van der Waals surface area (Å²) in [5.74, 6) is -0.847. The van der Waals surface area contributed by atoms with Crippen LogP contribution in [0.1, 0.15) is 12.5 Å². The maximum Gasteiger partial charge on any atom is 1.00 e. The molecule has 0 amide bonds. The van der Waals surface area contributed by atoms with Crippen LogP contribution < -0.4 is 59.1 Å². The second kappa shape index (κ2) is 6.85. The van der Waals surface area contributed by atoms with Gasteiger partial charge in [-0.2, -0.15) is 0 Å². The summed E-state index contributed by atoms with van der Waals surface area (Å²) in [4.78, 5) is 10.5. The summed E-state index contributed by atoms with van der Waals surface area (Å²) >= 11 is 1.23. The Labute approximate surface area is 110 Å². The van der Waals surface area contributed by atoms with E-state index in [0.29, 0.717) is 4.88 Å². The maximum absolute atomic E-state index is 10.1. The van der Waals surface area contributed by atoms with Crippen LogP contribution in [0.4, 0.5) is 0 Å². The largest absolute Gasteiger partial charge is 1.00 e. The van der Waals surface area contributed by atoms with Gasteiger partial charge in [0.25, 0.3) is 0 Å². The number of rotatable bonds is 1. The zero-order chi connectivity index (χ0) is 5.98. The van der Waals surface area contributed by atoms with Crippen molar-refractivity contribution in [1.29, 1.82) is 0 Å². The summed E-state index contributed by atoms with van der Waals surface area (Å²) in [5, 5.41) is 10.0. The second-order valence-electron chi connectivity index (χ2n) is 1.28. The van der Waals surface area contributed by atoms with E-state index in [0.717, 1.165) is 0 Å². The number of carboxylic acids is 1. The van der Waals surface area contributed by atoms with Crippen molar-refractivity contribution in [1.82, 2.24) is 0 Å². The minimum atomic E-state index is -0.847. The Bertz CT molecular complexity index is 193. The Morgan fingerprint density at radius 3 is 2.40 bits per heavy atom. The van der Waals surface area contributed by atoms with Gasteiger partial charge in [0.1, 0.15) is 4.88 Å². The molecule has 0 aliphatic carbocycles. The van der Waals surface area contributed by atoms with E-state index in [1.807, 2.05) is 0 Å². The smallest absolute Gasteiger partial charge is 1.00 e. The van der Waals surface area contributed by atoms with Crippen LogP contribution in [0.5, 0.6) is 0 Å². The van der Waals surface area contributed by atoms with Gasteiger partial charge in [-0.05, 0) is 11.4 Å². The summed E-state index contributed by atoms with van der Waals surface area (Å²) in [6.07, 6.45) is 0. The van der Waals surface area contributed by atoms with Crippen LogP contribution in [0.15, 0.2) is 17.5 Å². The number of carbonyl (C=O) groups is 1. The van der Waals surface area contributed by atoms with E-state index in [1.165, 1.54) is 11.3 Å². The standard InChI is InChI=1S/C5H4O2S.2Na.2H/c6-5(7)4-2-1-3-8-4;;;;/h1-3H,(H,6,7);;;;/q;2*+1;2*-1. The second-order valence-corrected chi connectivity index (χ2v) is 2.23. The third-order valence-electron chi connectivity index (χ3n) is 0.732. The number of hydrogen-bond acceptors (Lipinski definition) is 2. The van der Waals surface area contributed by atoms with E-state index < -0.39 is 5.97 Å². The minimum absolute atomic E-state index is 0. The van der Waals surface area contributed by atoms with Gasteiger partial charge in [-0.1, -0.05) is 6.07 Å². The molecule has 5 heteroatoms. The van der Waals surface area contributed by atoms with Gasteiger partial charge in [0.05, 0.1) is 0 Å². The first kappa shape index (κ1) is 13.7. The van der Waals surface area contributed by atoms with E-state index in [2.05, 4.69) is 0 Å². The van der Waals surface area contributed by atoms with Gasteiger partial charge in [-0.25, -0.2) is 4.79 Å². The number of hydrogen-bond donors (Lipinski definition) is 1. The molecule has 0 atom stereocenters. The zero-order valence-corrected chi connectivity index (χ0v) is 10.8. The molecular formula is C5H6Na2O2S. The third kappa shape index (κ3) is 4.13. The molecule has 0 saturated carbocycles. The van der Waals surface area contributed by atoms with Gasteiger partial charge >= 0.3 is 65.1 Å². The Morgan fingerprint density at radius 2 is 2.20 bits per heavy atom.